The van der Waals surface area contributed by atoms with Gasteiger partial charge in [-0.25, -0.2) is 0 Å². The summed E-state index contributed by atoms with van der Waals surface area (Å²) in [5.41, 5.74) is 4.88. The number of nitrogens with two attached hydrogens (primary N) is 1. The van der Waals surface area contributed by atoms with Crippen LogP contribution in [-0.2, 0) is 4.79 Å². The van der Waals surface area contributed by atoms with Crippen molar-refractivity contribution in [1.29, 1.82) is 5.26 Å². The molecule has 0 atom stereocenters. The van der Waals surface area contributed by atoms with Gasteiger partial charge in [0.25, 0.3) is 5.91 Å². The highest BCUT2D eigenvalue weighted by Gasteiger charge is 2.10. The number of nitriles is 1. The number of rotatable bonds is 4. The van der Waals surface area contributed by atoms with E-state index in [1.165, 1.54) is 11.8 Å². The standard InChI is InChI=1S/C8H9N3OS/c1-3-4-11-8(13-2)6(5-9)7(10)12/h1,11H,4H2,2H3,(H2,10,12)/b8-6-. The van der Waals surface area contributed by atoms with Crippen molar-refractivity contribution in [1.82, 2.24) is 5.32 Å². The molecule has 1 amide bonds. The summed E-state index contributed by atoms with van der Waals surface area (Å²) in [4.78, 5) is 10.7. The number of thioether (sulfide) groups is 1. The minimum Gasteiger partial charge on any atom is -0.368 e. The van der Waals surface area contributed by atoms with Crippen LogP contribution in [0.5, 0.6) is 0 Å². The van der Waals surface area contributed by atoms with Crippen molar-refractivity contribution >= 4 is 17.7 Å². The van der Waals surface area contributed by atoms with Crippen molar-refractivity contribution in [2.45, 2.75) is 0 Å². The number of carbonyl (C=O) groups is 1. The Morgan fingerprint density at radius 3 is 2.69 bits per heavy atom. The zero-order valence-electron chi connectivity index (χ0n) is 7.13. The lowest BCUT2D eigenvalue weighted by molar-refractivity contribution is -0.114. The van der Waals surface area contributed by atoms with Crippen molar-refractivity contribution in [2.24, 2.45) is 5.73 Å². The van der Waals surface area contributed by atoms with Gasteiger partial charge in [0, 0.05) is 0 Å². The van der Waals surface area contributed by atoms with Crippen LogP contribution in [0.25, 0.3) is 0 Å². The van der Waals surface area contributed by atoms with Gasteiger partial charge < -0.3 is 11.1 Å². The zero-order chi connectivity index (χ0) is 10.3. The first-order chi connectivity index (χ1) is 6.17. The molecule has 0 heterocycles. The first-order valence-corrected chi connectivity index (χ1v) is 4.55. The molecule has 68 valence electrons. The molecule has 0 saturated heterocycles. The lowest BCUT2D eigenvalue weighted by atomic mass is 10.3. The molecule has 0 aliphatic carbocycles. The van der Waals surface area contributed by atoms with Crippen molar-refractivity contribution in [2.75, 3.05) is 12.8 Å². The van der Waals surface area contributed by atoms with Gasteiger partial charge in [-0.2, -0.15) is 5.26 Å². The topological polar surface area (TPSA) is 78.9 Å². The quantitative estimate of drug-likeness (QED) is 0.369. The van der Waals surface area contributed by atoms with Crippen LogP contribution in [0.1, 0.15) is 0 Å². The number of hydrogen-bond acceptors (Lipinski definition) is 4. The highest BCUT2D eigenvalue weighted by Crippen LogP contribution is 2.12. The van der Waals surface area contributed by atoms with Crippen LogP contribution in [0.4, 0.5) is 0 Å². The minimum absolute atomic E-state index is 0.0947. The average Bonchev–Trinajstić information content (AvgIpc) is 2.11. The molecule has 0 bridgehead atoms. The number of terminal acetylenes is 1. The lowest BCUT2D eigenvalue weighted by Gasteiger charge is -2.05. The summed E-state index contributed by atoms with van der Waals surface area (Å²) in [6.07, 6.45) is 6.73. The zero-order valence-corrected chi connectivity index (χ0v) is 7.94. The summed E-state index contributed by atoms with van der Waals surface area (Å²) in [7, 11) is 0. The monoisotopic (exact) mass is 195 g/mol. The Balaban J connectivity index is 4.77. The molecule has 0 aromatic rings. The SMILES string of the molecule is C#CCN/C(SC)=C(\C#N)C(N)=O. The van der Waals surface area contributed by atoms with Gasteiger partial charge in [0.2, 0.25) is 0 Å². The molecule has 0 rings (SSSR count). The molecule has 0 spiro atoms. The molecule has 4 nitrogen and oxygen atoms in total. The van der Waals surface area contributed by atoms with E-state index in [-0.39, 0.29) is 12.1 Å². The third-order valence-electron chi connectivity index (χ3n) is 1.14. The van der Waals surface area contributed by atoms with Crippen LogP contribution in [-0.4, -0.2) is 18.7 Å². The van der Waals surface area contributed by atoms with Crippen LogP contribution >= 0.6 is 11.8 Å². The van der Waals surface area contributed by atoms with Crippen molar-refractivity contribution < 1.29 is 4.79 Å². The van der Waals surface area contributed by atoms with Crippen LogP contribution in [0, 0.1) is 23.7 Å². The number of carbonyl (C=O) groups excluding carboxylic acids is 1. The van der Waals surface area contributed by atoms with Gasteiger partial charge >= 0.3 is 0 Å². The highest BCUT2D eigenvalue weighted by atomic mass is 32.2. The molecule has 0 aliphatic heterocycles. The van der Waals surface area contributed by atoms with Crippen LogP contribution in [0.3, 0.4) is 0 Å². The fourth-order valence-corrected chi connectivity index (χ4v) is 1.18. The number of amides is 1. The Morgan fingerprint density at radius 1 is 1.77 bits per heavy atom. The summed E-state index contributed by atoms with van der Waals surface area (Å²) in [6, 6.07) is 1.71. The van der Waals surface area contributed by atoms with Crippen molar-refractivity contribution in [3.8, 4) is 18.4 Å². The maximum atomic E-state index is 10.7. The van der Waals surface area contributed by atoms with Gasteiger partial charge in [0.1, 0.15) is 11.6 Å². The smallest absolute Gasteiger partial charge is 0.262 e. The van der Waals surface area contributed by atoms with E-state index < -0.39 is 5.91 Å². The third-order valence-corrected chi connectivity index (χ3v) is 1.90. The molecule has 0 fully saturated rings. The Morgan fingerprint density at radius 2 is 2.38 bits per heavy atom. The normalized spacial score (nSPS) is 10.7. The molecule has 5 heteroatoms. The van der Waals surface area contributed by atoms with E-state index in [0.717, 1.165) is 0 Å². The third kappa shape index (κ3) is 3.55. The second-order valence-corrected chi connectivity index (χ2v) is 2.76. The van der Waals surface area contributed by atoms with Gasteiger partial charge in [0.15, 0.2) is 0 Å². The number of hydrogen-bond donors (Lipinski definition) is 2. The van der Waals surface area contributed by atoms with Crippen LogP contribution < -0.4 is 11.1 Å². The summed E-state index contributed by atoms with van der Waals surface area (Å²) in [5, 5.41) is 11.7. The predicted molar refractivity (Wildman–Crippen MR) is 52.2 cm³/mol. The van der Waals surface area contributed by atoms with Gasteiger partial charge in [-0.1, -0.05) is 5.92 Å². The van der Waals surface area contributed by atoms with E-state index in [4.69, 9.17) is 17.4 Å². The average molecular weight is 195 g/mol. The first-order valence-electron chi connectivity index (χ1n) is 3.32. The summed E-state index contributed by atoms with van der Waals surface area (Å²) >= 11 is 1.22. The molecule has 0 aromatic carbocycles. The van der Waals surface area contributed by atoms with E-state index in [1.54, 1.807) is 12.3 Å². The van der Waals surface area contributed by atoms with E-state index in [9.17, 15) is 4.79 Å². The lowest BCUT2D eigenvalue weighted by Crippen LogP contribution is -2.20. The fourth-order valence-electron chi connectivity index (χ4n) is 0.612. The highest BCUT2D eigenvalue weighted by molar-refractivity contribution is 8.02. The minimum atomic E-state index is -0.753. The van der Waals surface area contributed by atoms with Crippen LogP contribution in [0.15, 0.2) is 10.6 Å². The van der Waals surface area contributed by atoms with E-state index in [0.29, 0.717) is 5.03 Å². The number of primary amides is 1. The molecule has 13 heavy (non-hydrogen) atoms. The summed E-state index contributed by atoms with van der Waals surface area (Å²) in [5.74, 6) is 1.58. The maximum absolute atomic E-state index is 10.7. The van der Waals surface area contributed by atoms with Crippen LogP contribution in [0.2, 0.25) is 0 Å². The summed E-state index contributed by atoms with van der Waals surface area (Å²) in [6.45, 7) is 0.259. The predicted octanol–water partition coefficient (Wildman–Crippen LogP) is -0.207. The molecule has 0 aliphatic rings. The molecule has 0 aromatic heterocycles. The summed E-state index contributed by atoms with van der Waals surface area (Å²) < 4.78 is 0. The van der Waals surface area contributed by atoms with Gasteiger partial charge in [-0.3, -0.25) is 4.79 Å². The first kappa shape index (κ1) is 11.4. The Kier molecular flexibility index (Phi) is 5.25. The molecule has 0 unspecified atom stereocenters. The Hall–Kier alpha value is -1.59. The molecular weight excluding hydrogens is 186 g/mol. The maximum Gasteiger partial charge on any atom is 0.262 e. The number of nitrogens with zero attached hydrogens (tertiary/aromatic N) is 1. The molecular formula is C8H9N3OS. The van der Waals surface area contributed by atoms with Gasteiger partial charge in [-0.15, -0.1) is 18.2 Å². The van der Waals surface area contributed by atoms with Gasteiger partial charge in [0.05, 0.1) is 11.6 Å². The van der Waals surface area contributed by atoms with E-state index >= 15 is 0 Å². The second kappa shape index (κ2) is 5.99. The second-order valence-electron chi connectivity index (χ2n) is 1.94. The van der Waals surface area contributed by atoms with E-state index in [2.05, 4.69) is 11.2 Å². The molecule has 0 saturated carbocycles. The molecule has 0 radical (unpaired) electrons. The van der Waals surface area contributed by atoms with Gasteiger partial charge in [-0.05, 0) is 6.26 Å². The van der Waals surface area contributed by atoms with Crippen molar-refractivity contribution in [3.05, 3.63) is 10.6 Å². The molecule has 3 N–H and O–H groups in total. The Labute approximate surface area is 81.2 Å². The van der Waals surface area contributed by atoms with Crippen molar-refractivity contribution in [3.63, 3.8) is 0 Å². The fraction of sp³-hybridized carbons (Fsp3) is 0.250. The Bertz CT molecular complexity index is 308. The van der Waals surface area contributed by atoms with E-state index in [1.807, 2.05) is 0 Å². The number of nitrogens with one attached hydrogen (secondary N) is 1. The largest absolute Gasteiger partial charge is 0.368 e.